The van der Waals surface area contributed by atoms with E-state index < -0.39 is 0 Å². The molecule has 0 aliphatic heterocycles. The maximum absolute atomic E-state index is 14.2. The minimum absolute atomic E-state index is 0.164. The molecule has 0 atom stereocenters. The molecule has 0 aliphatic rings. The van der Waals surface area contributed by atoms with Crippen LogP contribution in [-0.2, 0) is 6.61 Å². The van der Waals surface area contributed by atoms with E-state index in [1.807, 2.05) is 35.2 Å². The minimum Gasteiger partial charge on any atom is -0.392 e. The number of nitrogens with zero attached hydrogens (tertiary/aromatic N) is 1. The number of aliphatic hydroxyl groups is 1. The molecule has 0 saturated carbocycles. The Morgan fingerprint density at radius 1 is 1.05 bits per heavy atom. The van der Waals surface area contributed by atoms with Gasteiger partial charge in [0.05, 0.1) is 12.3 Å². The third-order valence-electron chi connectivity index (χ3n) is 3.31. The van der Waals surface area contributed by atoms with Gasteiger partial charge in [-0.05, 0) is 24.6 Å². The van der Waals surface area contributed by atoms with Gasteiger partial charge < -0.3 is 10.0 Å². The average molecular weight is 273 g/mol. The minimum atomic E-state index is -0.295. The molecule has 3 heteroatoms. The highest BCUT2D eigenvalue weighted by atomic mass is 19.1. The summed E-state index contributed by atoms with van der Waals surface area (Å²) in [6, 6.07) is 14.6. The Morgan fingerprint density at radius 2 is 1.80 bits per heavy atom. The Bertz CT molecular complexity index is 542. The lowest BCUT2D eigenvalue weighted by Gasteiger charge is -2.27. The molecule has 0 fully saturated rings. The van der Waals surface area contributed by atoms with Crippen LogP contribution in [0.5, 0.6) is 0 Å². The molecule has 0 unspecified atom stereocenters. The van der Waals surface area contributed by atoms with Crippen LogP contribution in [0.25, 0.3) is 0 Å². The van der Waals surface area contributed by atoms with Crippen molar-refractivity contribution in [2.75, 3.05) is 11.4 Å². The molecule has 2 nitrogen and oxygen atoms in total. The molecule has 0 bridgehead atoms. The van der Waals surface area contributed by atoms with Crippen LogP contribution < -0.4 is 4.90 Å². The number of hydrogen-bond donors (Lipinski definition) is 1. The quantitative estimate of drug-likeness (QED) is 0.850. The van der Waals surface area contributed by atoms with Gasteiger partial charge in [-0.15, -0.1) is 0 Å². The van der Waals surface area contributed by atoms with Crippen molar-refractivity contribution in [3.63, 3.8) is 0 Å². The van der Waals surface area contributed by atoms with Crippen LogP contribution in [0.4, 0.5) is 15.8 Å². The number of hydrogen-bond acceptors (Lipinski definition) is 2. The van der Waals surface area contributed by atoms with Crippen LogP contribution in [0.3, 0.4) is 0 Å². The second-order valence-corrected chi connectivity index (χ2v) is 4.75. The largest absolute Gasteiger partial charge is 0.392 e. The molecule has 0 heterocycles. The van der Waals surface area contributed by atoms with E-state index in [9.17, 15) is 9.50 Å². The van der Waals surface area contributed by atoms with Gasteiger partial charge in [-0.25, -0.2) is 4.39 Å². The monoisotopic (exact) mass is 273 g/mol. The Morgan fingerprint density at radius 3 is 2.45 bits per heavy atom. The molecule has 20 heavy (non-hydrogen) atoms. The van der Waals surface area contributed by atoms with Crippen molar-refractivity contribution in [1.82, 2.24) is 0 Å². The summed E-state index contributed by atoms with van der Waals surface area (Å²) < 4.78 is 14.2. The first kappa shape index (κ1) is 14.5. The standard InChI is InChI=1S/C17H20FNO/c1-2-3-12-19(15-9-5-4-6-10-15)17-14(13-20)8-7-11-16(17)18/h4-11,20H,2-3,12-13H2,1H3. The summed E-state index contributed by atoms with van der Waals surface area (Å²) in [6.07, 6.45) is 2.00. The highest BCUT2D eigenvalue weighted by Crippen LogP contribution is 2.31. The Labute approximate surface area is 119 Å². The summed E-state index contributed by atoms with van der Waals surface area (Å²) in [6.45, 7) is 2.68. The highest BCUT2D eigenvalue weighted by Gasteiger charge is 2.16. The lowest BCUT2D eigenvalue weighted by atomic mass is 10.1. The van der Waals surface area contributed by atoms with Gasteiger partial charge in [-0.3, -0.25) is 0 Å². The number of unbranched alkanes of at least 4 members (excludes halogenated alkanes) is 1. The zero-order chi connectivity index (χ0) is 14.4. The van der Waals surface area contributed by atoms with Gasteiger partial charge in [0.2, 0.25) is 0 Å². The zero-order valence-corrected chi connectivity index (χ0v) is 11.7. The fourth-order valence-electron chi connectivity index (χ4n) is 2.28. The van der Waals surface area contributed by atoms with Gasteiger partial charge in [0.15, 0.2) is 0 Å². The fraction of sp³-hybridized carbons (Fsp3) is 0.294. The fourth-order valence-corrected chi connectivity index (χ4v) is 2.28. The predicted octanol–water partition coefficient (Wildman–Crippen LogP) is 4.26. The van der Waals surface area contributed by atoms with E-state index >= 15 is 0 Å². The van der Waals surface area contributed by atoms with Crippen LogP contribution in [-0.4, -0.2) is 11.7 Å². The third-order valence-corrected chi connectivity index (χ3v) is 3.31. The lowest BCUT2D eigenvalue weighted by Crippen LogP contribution is -2.21. The smallest absolute Gasteiger partial charge is 0.147 e. The first-order chi connectivity index (χ1) is 9.77. The van der Waals surface area contributed by atoms with Crippen molar-refractivity contribution >= 4 is 11.4 Å². The molecule has 0 aromatic heterocycles. The number of rotatable bonds is 6. The molecule has 2 rings (SSSR count). The normalized spacial score (nSPS) is 10.6. The van der Waals surface area contributed by atoms with Crippen LogP contribution >= 0.6 is 0 Å². The molecule has 0 spiro atoms. The summed E-state index contributed by atoms with van der Waals surface area (Å²) >= 11 is 0. The molecule has 0 amide bonds. The van der Waals surface area contributed by atoms with E-state index in [1.165, 1.54) is 6.07 Å². The van der Waals surface area contributed by atoms with E-state index in [4.69, 9.17) is 0 Å². The lowest BCUT2D eigenvalue weighted by molar-refractivity contribution is 0.281. The van der Waals surface area contributed by atoms with Crippen molar-refractivity contribution in [1.29, 1.82) is 0 Å². The summed E-state index contributed by atoms with van der Waals surface area (Å²) in [5.74, 6) is -0.295. The van der Waals surface area contributed by atoms with Crippen LogP contribution in [0.15, 0.2) is 48.5 Å². The Kier molecular flexibility index (Phi) is 5.13. The molecule has 106 valence electrons. The maximum atomic E-state index is 14.2. The number of halogens is 1. The molecule has 0 radical (unpaired) electrons. The molecule has 0 aliphatic carbocycles. The number of aliphatic hydroxyl groups excluding tert-OH is 1. The molecule has 2 aromatic carbocycles. The zero-order valence-electron chi connectivity index (χ0n) is 11.7. The summed E-state index contributed by atoms with van der Waals surface area (Å²) in [7, 11) is 0. The van der Waals surface area contributed by atoms with Crippen molar-refractivity contribution in [3.05, 3.63) is 59.9 Å². The van der Waals surface area contributed by atoms with Crippen molar-refractivity contribution in [2.24, 2.45) is 0 Å². The molecular weight excluding hydrogens is 253 g/mol. The second kappa shape index (κ2) is 7.06. The number of benzene rings is 2. The predicted molar refractivity (Wildman–Crippen MR) is 80.7 cm³/mol. The molecular formula is C17H20FNO. The molecule has 1 N–H and O–H groups in total. The van der Waals surface area contributed by atoms with E-state index in [0.717, 1.165) is 25.1 Å². The average Bonchev–Trinajstić information content (AvgIpc) is 2.50. The van der Waals surface area contributed by atoms with Crippen LogP contribution in [0.1, 0.15) is 25.3 Å². The van der Waals surface area contributed by atoms with Crippen LogP contribution in [0, 0.1) is 5.82 Å². The summed E-state index contributed by atoms with van der Waals surface area (Å²) in [4.78, 5) is 1.95. The molecule has 0 saturated heterocycles. The first-order valence-electron chi connectivity index (χ1n) is 6.98. The van der Waals surface area contributed by atoms with Gasteiger partial charge in [-0.1, -0.05) is 43.7 Å². The summed E-state index contributed by atoms with van der Waals surface area (Å²) in [5.41, 5.74) is 2.04. The van der Waals surface area contributed by atoms with E-state index in [1.54, 1.807) is 12.1 Å². The Hall–Kier alpha value is -1.87. The van der Waals surface area contributed by atoms with E-state index in [-0.39, 0.29) is 12.4 Å². The highest BCUT2D eigenvalue weighted by molar-refractivity contribution is 5.67. The van der Waals surface area contributed by atoms with Gasteiger partial charge in [0.25, 0.3) is 0 Å². The number of anilines is 2. The second-order valence-electron chi connectivity index (χ2n) is 4.75. The van der Waals surface area contributed by atoms with Crippen molar-refractivity contribution in [2.45, 2.75) is 26.4 Å². The molecule has 2 aromatic rings. The van der Waals surface area contributed by atoms with Gasteiger partial charge in [-0.2, -0.15) is 0 Å². The topological polar surface area (TPSA) is 23.5 Å². The SMILES string of the molecule is CCCCN(c1ccccc1)c1c(F)cccc1CO. The van der Waals surface area contributed by atoms with Crippen molar-refractivity contribution < 1.29 is 9.50 Å². The van der Waals surface area contributed by atoms with E-state index in [2.05, 4.69) is 6.92 Å². The van der Waals surface area contributed by atoms with Gasteiger partial charge >= 0.3 is 0 Å². The van der Waals surface area contributed by atoms with E-state index in [0.29, 0.717) is 11.3 Å². The maximum Gasteiger partial charge on any atom is 0.147 e. The Balaban J connectivity index is 2.46. The number of para-hydroxylation sites is 2. The van der Waals surface area contributed by atoms with Crippen molar-refractivity contribution in [3.8, 4) is 0 Å². The van der Waals surface area contributed by atoms with Crippen LogP contribution in [0.2, 0.25) is 0 Å². The third kappa shape index (κ3) is 3.17. The first-order valence-corrected chi connectivity index (χ1v) is 6.98. The van der Waals surface area contributed by atoms with Gasteiger partial charge in [0, 0.05) is 17.8 Å². The summed E-state index contributed by atoms with van der Waals surface area (Å²) in [5, 5.41) is 9.47. The van der Waals surface area contributed by atoms with Gasteiger partial charge in [0.1, 0.15) is 5.82 Å².